The summed E-state index contributed by atoms with van der Waals surface area (Å²) in [5, 5.41) is 9.61. The van der Waals surface area contributed by atoms with Crippen LogP contribution in [0.15, 0.2) is 4.99 Å². The van der Waals surface area contributed by atoms with E-state index in [1.807, 2.05) is 34.6 Å². The number of likely N-dealkylation sites (tertiary alicyclic amines) is 1. The topological polar surface area (TPSA) is 78.0 Å². The molecule has 3 N–H and O–H groups in total. The van der Waals surface area contributed by atoms with E-state index in [0.29, 0.717) is 12.5 Å². The highest BCUT2D eigenvalue weighted by atomic mass is 127. The highest BCUT2D eigenvalue weighted by molar-refractivity contribution is 14.0. The number of guanidine groups is 1. The number of aliphatic imine (C=N–C) groups is 1. The lowest BCUT2D eigenvalue weighted by Gasteiger charge is -2.30. The molecule has 1 saturated heterocycles. The quantitative estimate of drug-likeness (QED) is 0.299. The van der Waals surface area contributed by atoms with Crippen molar-refractivity contribution in [3.8, 4) is 0 Å². The van der Waals surface area contributed by atoms with Gasteiger partial charge in [-0.05, 0) is 73.9 Å². The number of amides is 1. The molecule has 1 aliphatic heterocycles. The molecule has 7 nitrogen and oxygen atoms in total. The molecule has 0 aromatic heterocycles. The molecule has 0 bridgehead atoms. The Morgan fingerprint density at radius 1 is 1.22 bits per heavy atom. The largest absolute Gasteiger partial charge is 0.444 e. The summed E-state index contributed by atoms with van der Waals surface area (Å²) in [4.78, 5) is 19.0. The third-order valence-corrected chi connectivity index (χ3v) is 4.10. The molecule has 1 amide bonds. The number of hydrogen-bond acceptors (Lipinski definition) is 4. The fourth-order valence-electron chi connectivity index (χ4n) is 2.92. The standard InChI is InChI=1S/C19H39N5O2.HI/c1-8-20-16(21-12-15-10-9-11-24(7)13-15)22-14-19(5,6)23-17(25)26-18(2,3)4;/h15H,8-14H2,1-7H3,(H,23,25)(H2,20,21,22);1H. The third kappa shape index (κ3) is 12.3. The Morgan fingerprint density at radius 3 is 2.44 bits per heavy atom. The van der Waals surface area contributed by atoms with Gasteiger partial charge in [0.2, 0.25) is 0 Å². The van der Waals surface area contributed by atoms with Crippen LogP contribution in [0.2, 0.25) is 0 Å². The van der Waals surface area contributed by atoms with Gasteiger partial charge in [-0.2, -0.15) is 0 Å². The minimum absolute atomic E-state index is 0. The normalized spacial score (nSPS) is 19.1. The minimum Gasteiger partial charge on any atom is -0.444 e. The molecule has 0 spiro atoms. The number of rotatable bonds is 6. The monoisotopic (exact) mass is 497 g/mol. The Balaban J connectivity index is 0.00000676. The smallest absolute Gasteiger partial charge is 0.408 e. The van der Waals surface area contributed by atoms with Gasteiger partial charge in [0.1, 0.15) is 5.60 Å². The van der Waals surface area contributed by atoms with Crippen molar-refractivity contribution in [1.82, 2.24) is 20.9 Å². The van der Waals surface area contributed by atoms with Crippen molar-refractivity contribution in [2.75, 3.05) is 39.8 Å². The Hall–Kier alpha value is -0.770. The molecule has 27 heavy (non-hydrogen) atoms. The van der Waals surface area contributed by atoms with Gasteiger partial charge in [-0.15, -0.1) is 24.0 Å². The summed E-state index contributed by atoms with van der Waals surface area (Å²) in [6.07, 6.45) is 2.09. The van der Waals surface area contributed by atoms with Crippen molar-refractivity contribution < 1.29 is 9.53 Å². The Bertz CT molecular complexity index is 477. The zero-order valence-electron chi connectivity index (χ0n) is 18.1. The van der Waals surface area contributed by atoms with Crippen molar-refractivity contribution in [1.29, 1.82) is 0 Å². The molecule has 0 radical (unpaired) electrons. The summed E-state index contributed by atoms with van der Waals surface area (Å²) in [5.41, 5.74) is -0.997. The van der Waals surface area contributed by atoms with E-state index >= 15 is 0 Å². The molecule has 1 atom stereocenters. The number of carbonyl (C=O) groups excluding carboxylic acids is 1. The molecular formula is C19H40IN5O2. The lowest BCUT2D eigenvalue weighted by molar-refractivity contribution is 0.0476. The molecule has 8 heteroatoms. The van der Waals surface area contributed by atoms with Gasteiger partial charge in [0.25, 0.3) is 0 Å². The van der Waals surface area contributed by atoms with Gasteiger partial charge in [0.05, 0.1) is 12.1 Å². The Labute approximate surface area is 182 Å². The highest BCUT2D eigenvalue weighted by Crippen LogP contribution is 2.14. The zero-order valence-corrected chi connectivity index (χ0v) is 20.5. The summed E-state index contributed by atoms with van der Waals surface area (Å²) in [5.74, 6) is 1.44. The van der Waals surface area contributed by atoms with E-state index in [1.165, 1.54) is 19.4 Å². The number of nitrogens with zero attached hydrogens (tertiary/aromatic N) is 2. The van der Waals surface area contributed by atoms with Gasteiger partial charge in [-0.1, -0.05) is 0 Å². The van der Waals surface area contributed by atoms with Crippen LogP contribution in [-0.2, 0) is 4.74 Å². The molecule has 1 unspecified atom stereocenters. The average molecular weight is 497 g/mol. The van der Waals surface area contributed by atoms with E-state index < -0.39 is 17.2 Å². The van der Waals surface area contributed by atoms with Crippen LogP contribution in [0.4, 0.5) is 4.79 Å². The second-order valence-corrected chi connectivity index (χ2v) is 8.86. The van der Waals surface area contributed by atoms with Gasteiger partial charge in [0.15, 0.2) is 5.96 Å². The number of alkyl carbamates (subject to hydrolysis) is 1. The van der Waals surface area contributed by atoms with Crippen molar-refractivity contribution in [3.63, 3.8) is 0 Å². The first kappa shape index (κ1) is 26.2. The maximum absolute atomic E-state index is 12.0. The van der Waals surface area contributed by atoms with Crippen molar-refractivity contribution in [2.24, 2.45) is 10.9 Å². The predicted octanol–water partition coefficient (Wildman–Crippen LogP) is 2.80. The second-order valence-electron chi connectivity index (χ2n) is 8.86. The molecule has 0 saturated carbocycles. The summed E-state index contributed by atoms with van der Waals surface area (Å²) in [6, 6.07) is 0. The predicted molar refractivity (Wildman–Crippen MR) is 123 cm³/mol. The fourth-order valence-corrected chi connectivity index (χ4v) is 2.92. The molecular weight excluding hydrogens is 457 g/mol. The zero-order chi connectivity index (χ0) is 19.8. The van der Waals surface area contributed by atoms with E-state index in [4.69, 9.17) is 4.74 Å². The summed E-state index contributed by atoms with van der Waals surface area (Å²) >= 11 is 0. The van der Waals surface area contributed by atoms with Crippen molar-refractivity contribution >= 4 is 36.0 Å². The van der Waals surface area contributed by atoms with Crippen LogP contribution < -0.4 is 16.0 Å². The van der Waals surface area contributed by atoms with Crippen LogP contribution in [0.3, 0.4) is 0 Å². The molecule has 160 valence electrons. The number of hydrogen-bond donors (Lipinski definition) is 3. The van der Waals surface area contributed by atoms with Crippen LogP contribution in [0.25, 0.3) is 0 Å². The molecule has 0 aliphatic carbocycles. The van der Waals surface area contributed by atoms with E-state index in [1.54, 1.807) is 0 Å². The maximum Gasteiger partial charge on any atom is 0.408 e. The van der Waals surface area contributed by atoms with Gasteiger partial charge in [0, 0.05) is 19.6 Å². The number of carbonyl (C=O) groups is 1. The van der Waals surface area contributed by atoms with E-state index in [0.717, 1.165) is 25.6 Å². The van der Waals surface area contributed by atoms with E-state index in [9.17, 15) is 4.79 Å². The maximum atomic E-state index is 12.0. The Kier molecular flexibility index (Phi) is 11.6. The van der Waals surface area contributed by atoms with Gasteiger partial charge in [-0.3, -0.25) is 4.99 Å². The molecule has 0 aromatic carbocycles. The van der Waals surface area contributed by atoms with Crippen molar-refractivity contribution in [3.05, 3.63) is 0 Å². The Morgan fingerprint density at radius 2 is 1.89 bits per heavy atom. The highest BCUT2D eigenvalue weighted by Gasteiger charge is 2.24. The van der Waals surface area contributed by atoms with Crippen LogP contribution in [0.5, 0.6) is 0 Å². The lowest BCUT2D eigenvalue weighted by Crippen LogP contribution is -2.49. The molecule has 1 rings (SSSR count). The third-order valence-electron chi connectivity index (χ3n) is 4.10. The van der Waals surface area contributed by atoms with Crippen LogP contribution in [0, 0.1) is 5.92 Å². The number of piperidine rings is 1. The van der Waals surface area contributed by atoms with E-state index in [2.05, 4.69) is 39.8 Å². The average Bonchev–Trinajstić information content (AvgIpc) is 2.47. The summed E-state index contributed by atoms with van der Waals surface area (Å²) < 4.78 is 5.33. The van der Waals surface area contributed by atoms with Crippen LogP contribution in [0.1, 0.15) is 54.4 Å². The molecule has 1 aliphatic rings. The lowest BCUT2D eigenvalue weighted by atomic mass is 9.99. The van der Waals surface area contributed by atoms with Crippen molar-refractivity contribution in [2.45, 2.75) is 65.5 Å². The second kappa shape index (κ2) is 11.9. The molecule has 1 fully saturated rings. The van der Waals surface area contributed by atoms with E-state index in [-0.39, 0.29) is 24.0 Å². The summed E-state index contributed by atoms with van der Waals surface area (Å²) in [7, 11) is 2.18. The number of ether oxygens (including phenoxy) is 1. The van der Waals surface area contributed by atoms with Gasteiger partial charge < -0.3 is 25.6 Å². The first-order chi connectivity index (χ1) is 12.0. The van der Waals surface area contributed by atoms with Gasteiger partial charge >= 0.3 is 6.09 Å². The minimum atomic E-state index is -0.507. The van der Waals surface area contributed by atoms with Crippen LogP contribution >= 0.6 is 24.0 Å². The number of nitrogens with one attached hydrogen (secondary N) is 3. The molecule has 1 heterocycles. The molecule has 0 aromatic rings. The fraction of sp³-hybridized carbons (Fsp3) is 0.895. The van der Waals surface area contributed by atoms with Gasteiger partial charge in [-0.25, -0.2) is 4.79 Å². The first-order valence-corrected chi connectivity index (χ1v) is 9.72. The van der Waals surface area contributed by atoms with Crippen LogP contribution in [-0.4, -0.2) is 67.9 Å². The SMILES string of the molecule is CCNC(=NCC(C)(C)NC(=O)OC(C)(C)C)NCC1CCCN(C)C1.I. The first-order valence-electron chi connectivity index (χ1n) is 9.72. The summed E-state index contributed by atoms with van der Waals surface area (Å²) in [6.45, 7) is 16.0. The number of halogens is 1.